The van der Waals surface area contributed by atoms with Crippen molar-refractivity contribution in [3.05, 3.63) is 65.2 Å². The van der Waals surface area contributed by atoms with Gasteiger partial charge in [-0.3, -0.25) is 4.99 Å². The third-order valence-corrected chi connectivity index (χ3v) is 4.83. The molecule has 2 nitrogen and oxygen atoms in total. The van der Waals surface area contributed by atoms with Gasteiger partial charge in [0.05, 0.1) is 5.56 Å². The highest BCUT2D eigenvalue weighted by molar-refractivity contribution is 7.98. The molecular weight excluding hydrogens is 369 g/mol. The molecule has 0 aromatic heterocycles. The van der Waals surface area contributed by atoms with E-state index in [2.05, 4.69) is 10.3 Å². The van der Waals surface area contributed by atoms with Crippen molar-refractivity contribution in [2.75, 3.05) is 13.1 Å². The van der Waals surface area contributed by atoms with Crippen molar-refractivity contribution in [1.82, 2.24) is 5.32 Å². The summed E-state index contributed by atoms with van der Waals surface area (Å²) in [6, 6.07) is 13.3. The Morgan fingerprint density at radius 1 is 1.08 bits per heavy atom. The number of rotatable bonds is 4. The van der Waals surface area contributed by atoms with Crippen molar-refractivity contribution in [2.45, 2.75) is 23.2 Å². The number of aliphatic imine (C=N–C) groups is 1. The Morgan fingerprint density at radius 2 is 1.88 bits per heavy atom. The van der Waals surface area contributed by atoms with Crippen LogP contribution in [0.1, 0.15) is 23.1 Å². The summed E-state index contributed by atoms with van der Waals surface area (Å²) < 4.78 is 38.4. The highest BCUT2D eigenvalue weighted by Gasteiger charge is 2.30. The van der Waals surface area contributed by atoms with Gasteiger partial charge in [-0.15, -0.1) is 24.2 Å². The molecule has 0 unspecified atom stereocenters. The molecule has 0 atom stereocenters. The minimum atomic E-state index is -4.31. The Morgan fingerprint density at radius 3 is 2.60 bits per heavy atom. The zero-order valence-electron chi connectivity index (χ0n) is 13.3. The molecule has 0 radical (unpaired) electrons. The smallest absolute Gasteiger partial charge is 0.370 e. The van der Waals surface area contributed by atoms with E-state index in [0.29, 0.717) is 11.3 Å². The second kappa shape index (κ2) is 8.63. The Kier molecular flexibility index (Phi) is 6.79. The molecule has 1 aliphatic rings. The molecule has 1 aliphatic heterocycles. The second-order valence-electron chi connectivity index (χ2n) is 5.49. The zero-order valence-corrected chi connectivity index (χ0v) is 15.0. The molecule has 25 heavy (non-hydrogen) atoms. The van der Waals surface area contributed by atoms with Crippen LogP contribution in [0.15, 0.2) is 58.4 Å². The predicted molar refractivity (Wildman–Crippen MR) is 98.7 cm³/mol. The van der Waals surface area contributed by atoms with Gasteiger partial charge in [-0.2, -0.15) is 13.2 Å². The Bertz CT molecular complexity index is 747. The van der Waals surface area contributed by atoms with E-state index in [9.17, 15) is 13.2 Å². The predicted octanol–water partition coefficient (Wildman–Crippen LogP) is 5.16. The number of nitrogens with one attached hydrogen (secondary N) is 1. The van der Waals surface area contributed by atoms with E-state index in [-0.39, 0.29) is 12.4 Å². The van der Waals surface area contributed by atoms with Gasteiger partial charge >= 0.3 is 6.18 Å². The monoisotopic (exact) mass is 386 g/mol. The molecule has 1 N–H and O–H groups in total. The van der Waals surface area contributed by atoms with Crippen LogP contribution in [0, 0.1) is 0 Å². The highest BCUT2D eigenvalue weighted by Crippen LogP contribution is 2.32. The van der Waals surface area contributed by atoms with E-state index in [1.54, 1.807) is 6.07 Å². The summed E-state index contributed by atoms with van der Waals surface area (Å²) in [5.41, 5.74) is 1.06. The van der Waals surface area contributed by atoms with Gasteiger partial charge in [0.15, 0.2) is 0 Å². The van der Waals surface area contributed by atoms with Crippen molar-refractivity contribution in [3.63, 3.8) is 0 Å². The van der Waals surface area contributed by atoms with Crippen molar-refractivity contribution in [1.29, 1.82) is 0 Å². The summed E-state index contributed by atoms with van der Waals surface area (Å²) in [4.78, 5) is 5.52. The maximum Gasteiger partial charge on any atom is 0.416 e. The Labute approximate surface area is 155 Å². The number of alkyl halides is 3. The first-order valence-corrected chi connectivity index (χ1v) is 8.69. The average Bonchev–Trinajstić information content (AvgIpc) is 2.60. The molecule has 0 spiro atoms. The van der Waals surface area contributed by atoms with Crippen LogP contribution in [0.5, 0.6) is 0 Å². The van der Waals surface area contributed by atoms with E-state index >= 15 is 0 Å². The first-order chi connectivity index (χ1) is 11.5. The minimum Gasteiger partial charge on any atom is -0.370 e. The van der Waals surface area contributed by atoms with E-state index in [0.717, 1.165) is 41.9 Å². The van der Waals surface area contributed by atoms with Gasteiger partial charge < -0.3 is 5.32 Å². The molecule has 0 fully saturated rings. The lowest BCUT2D eigenvalue weighted by molar-refractivity contribution is -0.137. The van der Waals surface area contributed by atoms with Crippen molar-refractivity contribution >= 4 is 30.0 Å². The van der Waals surface area contributed by atoms with Crippen molar-refractivity contribution in [3.8, 4) is 0 Å². The quantitative estimate of drug-likeness (QED) is 0.734. The summed E-state index contributed by atoms with van der Waals surface area (Å²) in [5.74, 6) is 1.35. The number of nitrogens with zero attached hydrogens (tertiary/aromatic N) is 1. The standard InChI is InChI=1S/C18H17F3N2S.ClH/c19-18(20,21)14-6-3-5-13(11-14)12-24-16-8-2-1-7-15(16)17-22-9-4-10-23-17;/h1-3,5-8,11H,4,9-10,12H2,(H,22,23);1H. The summed E-state index contributed by atoms with van der Waals surface area (Å²) >= 11 is 1.52. The lowest BCUT2D eigenvalue weighted by atomic mass is 10.1. The van der Waals surface area contributed by atoms with E-state index in [1.807, 2.05) is 24.3 Å². The van der Waals surface area contributed by atoms with Crippen LogP contribution in [0.4, 0.5) is 13.2 Å². The van der Waals surface area contributed by atoms with Gasteiger partial charge in [0, 0.05) is 29.3 Å². The van der Waals surface area contributed by atoms with E-state index < -0.39 is 11.7 Å². The number of hydrogen-bond acceptors (Lipinski definition) is 3. The number of hydrogen-bond donors (Lipinski definition) is 1. The van der Waals surface area contributed by atoms with Gasteiger partial charge in [-0.1, -0.05) is 36.4 Å². The average molecular weight is 387 g/mol. The van der Waals surface area contributed by atoms with Gasteiger partial charge in [0.2, 0.25) is 0 Å². The van der Waals surface area contributed by atoms with Crippen LogP contribution in [0.2, 0.25) is 0 Å². The van der Waals surface area contributed by atoms with Crippen molar-refractivity contribution in [2.24, 2.45) is 4.99 Å². The first-order valence-electron chi connectivity index (χ1n) is 7.71. The van der Waals surface area contributed by atoms with Crippen LogP contribution >= 0.6 is 24.2 Å². The fourth-order valence-electron chi connectivity index (χ4n) is 2.50. The molecule has 134 valence electrons. The normalized spacial score (nSPS) is 14.3. The molecule has 0 amide bonds. The highest BCUT2D eigenvalue weighted by atomic mass is 35.5. The van der Waals surface area contributed by atoms with Crippen LogP contribution < -0.4 is 5.32 Å². The van der Waals surface area contributed by atoms with Gasteiger partial charge in [0.25, 0.3) is 0 Å². The molecule has 2 aromatic carbocycles. The van der Waals surface area contributed by atoms with Crippen LogP contribution in [-0.2, 0) is 11.9 Å². The van der Waals surface area contributed by atoms with E-state index in [1.165, 1.54) is 23.9 Å². The summed E-state index contributed by atoms with van der Waals surface area (Å²) in [7, 11) is 0. The first kappa shape index (κ1) is 19.7. The second-order valence-corrected chi connectivity index (χ2v) is 6.51. The Balaban J connectivity index is 0.00000225. The molecule has 7 heteroatoms. The van der Waals surface area contributed by atoms with Crippen molar-refractivity contribution < 1.29 is 13.2 Å². The largest absolute Gasteiger partial charge is 0.416 e. The Hall–Kier alpha value is -1.66. The zero-order chi connectivity index (χ0) is 17.0. The lowest BCUT2D eigenvalue weighted by Gasteiger charge is -2.17. The van der Waals surface area contributed by atoms with Gasteiger partial charge in [-0.05, 0) is 24.1 Å². The molecule has 0 aliphatic carbocycles. The number of thioether (sulfide) groups is 1. The number of benzene rings is 2. The summed E-state index contributed by atoms with van der Waals surface area (Å²) in [6.07, 6.45) is -3.29. The maximum atomic E-state index is 12.8. The van der Waals surface area contributed by atoms with E-state index in [4.69, 9.17) is 0 Å². The summed E-state index contributed by atoms with van der Waals surface area (Å²) in [6.45, 7) is 1.69. The van der Waals surface area contributed by atoms with Crippen LogP contribution in [-0.4, -0.2) is 18.9 Å². The molecular formula is C18H18ClF3N2S. The third-order valence-electron chi connectivity index (χ3n) is 3.69. The number of amidine groups is 1. The molecule has 0 saturated carbocycles. The number of halogens is 4. The molecule has 0 saturated heterocycles. The topological polar surface area (TPSA) is 24.4 Å². The molecule has 0 bridgehead atoms. The summed E-state index contributed by atoms with van der Waals surface area (Å²) in [5, 5.41) is 3.29. The fourth-order valence-corrected chi connectivity index (χ4v) is 3.50. The minimum absolute atomic E-state index is 0. The van der Waals surface area contributed by atoms with Crippen LogP contribution in [0.25, 0.3) is 0 Å². The molecule has 3 rings (SSSR count). The maximum absolute atomic E-state index is 12.8. The SMILES string of the molecule is Cl.FC(F)(F)c1cccc(CSc2ccccc2C2=NCCCN2)c1. The molecule has 2 aromatic rings. The van der Waals surface area contributed by atoms with Crippen LogP contribution in [0.3, 0.4) is 0 Å². The third kappa shape index (κ3) is 5.16. The fraction of sp³-hybridized carbons (Fsp3) is 0.278. The van der Waals surface area contributed by atoms with Gasteiger partial charge in [0.1, 0.15) is 5.84 Å². The molecule has 1 heterocycles. The lowest BCUT2D eigenvalue weighted by Crippen LogP contribution is -2.30. The van der Waals surface area contributed by atoms with Gasteiger partial charge in [-0.25, -0.2) is 0 Å².